The van der Waals surface area contributed by atoms with Crippen LogP contribution < -0.4 is 5.32 Å². The summed E-state index contributed by atoms with van der Waals surface area (Å²) in [7, 11) is 1.39. The first-order valence-corrected chi connectivity index (χ1v) is 10.8. The summed E-state index contributed by atoms with van der Waals surface area (Å²) < 4.78 is 8.48. The average Bonchev–Trinajstić information content (AvgIpc) is 3.37. The fourth-order valence-corrected chi connectivity index (χ4v) is 3.82. The van der Waals surface area contributed by atoms with Gasteiger partial charge in [0.1, 0.15) is 5.82 Å². The molecule has 0 fully saturated rings. The Balaban J connectivity index is 1.38. The van der Waals surface area contributed by atoms with Gasteiger partial charge in [0.2, 0.25) is 0 Å². The van der Waals surface area contributed by atoms with Crippen LogP contribution in [0.5, 0.6) is 0 Å². The number of hydrogen-bond acceptors (Lipinski definition) is 6. The molecule has 1 aromatic carbocycles. The number of esters is 1. The van der Waals surface area contributed by atoms with E-state index in [0.29, 0.717) is 31.4 Å². The predicted molar refractivity (Wildman–Crippen MR) is 122 cm³/mol. The second kappa shape index (κ2) is 9.64. The predicted octanol–water partition coefficient (Wildman–Crippen LogP) is 2.61. The molecule has 4 aromatic rings. The van der Waals surface area contributed by atoms with Gasteiger partial charge < -0.3 is 10.1 Å². The molecule has 9 nitrogen and oxygen atoms in total. The number of hydrogen-bond donors (Lipinski definition) is 1. The number of nitrogens with zero attached hydrogens (tertiary/aromatic N) is 5. The first-order chi connectivity index (χ1) is 16.0. The van der Waals surface area contributed by atoms with Crippen molar-refractivity contribution in [2.45, 2.75) is 33.1 Å². The third-order valence-corrected chi connectivity index (χ3v) is 5.64. The molecule has 0 aliphatic heterocycles. The molecule has 0 aliphatic carbocycles. The molecule has 4 rings (SSSR count). The van der Waals surface area contributed by atoms with Gasteiger partial charge in [-0.05, 0) is 62.2 Å². The Morgan fingerprint density at radius 2 is 1.82 bits per heavy atom. The monoisotopic (exact) mass is 446 g/mol. The van der Waals surface area contributed by atoms with E-state index >= 15 is 0 Å². The van der Waals surface area contributed by atoms with Gasteiger partial charge in [0.05, 0.1) is 18.5 Å². The number of carbonyl (C=O) groups excluding carboxylic acids is 2. The molecular weight excluding hydrogens is 420 g/mol. The van der Waals surface area contributed by atoms with E-state index in [-0.39, 0.29) is 11.9 Å². The minimum Gasteiger partial charge on any atom is -0.469 e. The van der Waals surface area contributed by atoms with Crippen LogP contribution in [0.3, 0.4) is 0 Å². The zero-order chi connectivity index (χ0) is 23.4. The lowest BCUT2D eigenvalue weighted by atomic mass is 10.1. The van der Waals surface area contributed by atoms with Gasteiger partial charge in [0.15, 0.2) is 5.65 Å². The topological polar surface area (TPSA) is 103 Å². The Labute approximate surface area is 191 Å². The number of pyridine rings is 1. The van der Waals surface area contributed by atoms with Gasteiger partial charge in [-0.1, -0.05) is 6.07 Å². The SMILES string of the molecule is COC(=O)CCc1c(C)nn(-c2ccc(C(=O)NCCc3nnc4ccccn34)cc2)c1C. The van der Waals surface area contributed by atoms with Crippen LogP contribution in [0.15, 0.2) is 48.7 Å². The molecule has 0 saturated carbocycles. The van der Waals surface area contributed by atoms with Gasteiger partial charge in [0.25, 0.3) is 5.91 Å². The Morgan fingerprint density at radius 1 is 1.03 bits per heavy atom. The Hall–Kier alpha value is -4.01. The standard InChI is InChI=1S/C24H26N6O3/c1-16-20(11-12-23(31)33-3)17(2)30(28-16)19-9-7-18(8-10-19)24(32)25-14-13-22-27-26-21-6-4-5-15-29(21)22/h4-10,15H,11-14H2,1-3H3,(H,25,32). The van der Waals surface area contributed by atoms with Gasteiger partial charge in [-0.25, -0.2) is 4.68 Å². The van der Waals surface area contributed by atoms with Crippen molar-refractivity contribution in [3.05, 3.63) is 77.0 Å². The molecule has 0 atom stereocenters. The third-order valence-electron chi connectivity index (χ3n) is 5.64. The summed E-state index contributed by atoms with van der Waals surface area (Å²) in [5, 5.41) is 15.8. The van der Waals surface area contributed by atoms with Crippen LogP contribution in [0.25, 0.3) is 11.3 Å². The highest BCUT2D eigenvalue weighted by atomic mass is 16.5. The molecule has 3 heterocycles. The molecule has 0 aliphatic rings. The molecule has 0 unspecified atom stereocenters. The number of aromatic nitrogens is 5. The quantitative estimate of drug-likeness (QED) is 0.417. The van der Waals surface area contributed by atoms with Gasteiger partial charge in [0, 0.05) is 36.8 Å². The van der Waals surface area contributed by atoms with E-state index in [1.165, 1.54) is 7.11 Å². The second-order valence-corrected chi connectivity index (χ2v) is 7.74. The number of nitrogens with one attached hydrogen (secondary N) is 1. The number of rotatable bonds is 8. The highest BCUT2D eigenvalue weighted by Crippen LogP contribution is 2.20. The van der Waals surface area contributed by atoms with Crippen molar-refractivity contribution in [2.24, 2.45) is 0 Å². The fourth-order valence-electron chi connectivity index (χ4n) is 3.82. The van der Waals surface area contributed by atoms with Crippen molar-refractivity contribution < 1.29 is 14.3 Å². The summed E-state index contributed by atoms with van der Waals surface area (Å²) in [6, 6.07) is 13.0. The first kappa shape index (κ1) is 22.2. The summed E-state index contributed by atoms with van der Waals surface area (Å²) in [5.41, 5.74) is 5.08. The van der Waals surface area contributed by atoms with Gasteiger partial charge in [-0.3, -0.25) is 14.0 Å². The summed E-state index contributed by atoms with van der Waals surface area (Å²) >= 11 is 0. The van der Waals surface area contributed by atoms with E-state index in [1.807, 2.05) is 59.5 Å². The lowest BCUT2D eigenvalue weighted by molar-refractivity contribution is -0.140. The number of methoxy groups -OCH3 is 1. The maximum atomic E-state index is 12.6. The number of ether oxygens (including phenoxy) is 1. The molecule has 3 aromatic heterocycles. The van der Waals surface area contributed by atoms with Crippen LogP contribution in [0.1, 0.15) is 39.6 Å². The number of aryl methyl sites for hydroxylation is 1. The number of carbonyl (C=O) groups is 2. The molecule has 1 N–H and O–H groups in total. The second-order valence-electron chi connectivity index (χ2n) is 7.74. The van der Waals surface area contributed by atoms with E-state index in [4.69, 9.17) is 4.74 Å². The van der Waals surface area contributed by atoms with Crippen LogP contribution in [-0.2, 0) is 22.4 Å². The smallest absolute Gasteiger partial charge is 0.305 e. The Bertz CT molecular complexity index is 1290. The molecule has 1 amide bonds. The molecule has 0 saturated heterocycles. The van der Waals surface area contributed by atoms with Crippen LogP contribution in [0.2, 0.25) is 0 Å². The van der Waals surface area contributed by atoms with Crippen LogP contribution in [0.4, 0.5) is 0 Å². The Kier molecular flexibility index (Phi) is 6.48. The van der Waals surface area contributed by atoms with Crippen molar-refractivity contribution in [3.63, 3.8) is 0 Å². The van der Waals surface area contributed by atoms with E-state index < -0.39 is 0 Å². The molecule has 170 valence electrons. The molecular formula is C24H26N6O3. The summed E-state index contributed by atoms with van der Waals surface area (Å²) in [4.78, 5) is 24.1. The number of amides is 1. The summed E-state index contributed by atoms with van der Waals surface area (Å²) in [6.45, 7) is 4.36. The van der Waals surface area contributed by atoms with E-state index in [9.17, 15) is 9.59 Å². The van der Waals surface area contributed by atoms with Crippen LogP contribution in [0, 0.1) is 13.8 Å². The van der Waals surface area contributed by atoms with Crippen molar-refractivity contribution >= 4 is 17.5 Å². The van der Waals surface area contributed by atoms with Crippen molar-refractivity contribution in [3.8, 4) is 5.69 Å². The highest BCUT2D eigenvalue weighted by molar-refractivity contribution is 5.94. The van der Waals surface area contributed by atoms with Gasteiger partial charge in [-0.2, -0.15) is 5.10 Å². The summed E-state index contributed by atoms with van der Waals surface area (Å²) in [6.07, 6.45) is 3.37. The van der Waals surface area contributed by atoms with Crippen LogP contribution >= 0.6 is 0 Å². The minimum atomic E-state index is -0.242. The van der Waals surface area contributed by atoms with E-state index in [2.05, 4.69) is 20.6 Å². The zero-order valence-electron chi connectivity index (χ0n) is 18.9. The molecule has 9 heteroatoms. The molecule has 0 radical (unpaired) electrons. The molecule has 0 spiro atoms. The minimum absolute atomic E-state index is 0.150. The van der Waals surface area contributed by atoms with E-state index in [0.717, 1.165) is 34.1 Å². The molecule has 0 bridgehead atoms. The number of benzene rings is 1. The maximum absolute atomic E-state index is 12.6. The van der Waals surface area contributed by atoms with Crippen molar-refractivity contribution in [1.82, 2.24) is 29.7 Å². The Morgan fingerprint density at radius 3 is 2.58 bits per heavy atom. The maximum Gasteiger partial charge on any atom is 0.305 e. The van der Waals surface area contributed by atoms with E-state index in [1.54, 1.807) is 12.1 Å². The molecule has 33 heavy (non-hydrogen) atoms. The zero-order valence-corrected chi connectivity index (χ0v) is 18.9. The average molecular weight is 447 g/mol. The van der Waals surface area contributed by atoms with Gasteiger partial charge >= 0.3 is 5.97 Å². The lowest BCUT2D eigenvalue weighted by Crippen LogP contribution is -2.26. The lowest BCUT2D eigenvalue weighted by Gasteiger charge is -2.08. The summed E-state index contributed by atoms with van der Waals surface area (Å²) in [5.74, 6) is 0.408. The number of fused-ring (bicyclic) bond motifs is 1. The first-order valence-electron chi connectivity index (χ1n) is 10.8. The highest BCUT2D eigenvalue weighted by Gasteiger charge is 2.15. The van der Waals surface area contributed by atoms with Crippen LogP contribution in [-0.4, -0.2) is 49.9 Å². The largest absolute Gasteiger partial charge is 0.469 e. The third kappa shape index (κ3) is 4.77. The van der Waals surface area contributed by atoms with Gasteiger partial charge in [-0.15, -0.1) is 10.2 Å². The normalized spacial score (nSPS) is 11.0. The van der Waals surface area contributed by atoms with Crippen molar-refractivity contribution in [2.75, 3.05) is 13.7 Å². The van der Waals surface area contributed by atoms with Crippen molar-refractivity contribution in [1.29, 1.82) is 0 Å². The fraction of sp³-hybridized carbons (Fsp3) is 0.292.